The molecule has 3 heterocycles. The molecule has 0 saturated carbocycles. The lowest BCUT2D eigenvalue weighted by Gasteiger charge is -2.10. The second-order valence-corrected chi connectivity index (χ2v) is 6.27. The molecule has 4 aromatic rings. The zero-order valence-electron chi connectivity index (χ0n) is 12.5. The van der Waals surface area contributed by atoms with Gasteiger partial charge in [-0.3, -0.25) is 4.57 Å². The highest BCUT2D eigenvalue weighted by atomic mass is 35.5. The monoisotopic (exact) mass is 320 g/mol. The number of aryl methyl sites for hydroxylation is 1. The standard InChI is InChI=1S/C18H13ClN4/c1-11-20-21-18-10-22-15-5-3-2-4-12(15)8-17(22)14-9-13(19)6-7-16(14)23(11)18/h2-9H,10H2,1H3. The summed E-state index contributed by atoms with van der Waals surface area (Å²) in [5.74, 6) is 1.82. The first kappa shape index (κ1) is 12.9. The van der Waals surface area contributed by atoms with Gasteiger partial charge in [-0.25, -0.2) is 0 Å². The van der Waals surface area contributed by atoms with E-state index in [0.29, 0.717) is 6.54 Å². The van der Waals surface area contributed by atoms with Crippen LogP contribution in [0.1, 0.15) is 11.6 Å². The summed E-state index contributed by atoms with van der Waals surface area (Å²) >= 11 is 6.29. The Hall–Kier alpha value is -2.59. The van der Waals surface area contributed by atoms with Crippen molar-refractivity contribution in [3.05, 3.63) is 65.2 Å². The van der Waals surface area contributed by atoms with Crippen molar-refractivity contribution in [3.8, 4) is 16.9 Å². The lowest BCUT2D eigenvalue weighted by atomic mass is 10.1. The molecule has 0 bridgehead atoms. The van der Waals surface area contributed by atoms with E-state index in [0.717, 1.165) is 33.6 Å². The van der Waals surface area contributed by atoms with Gasteiger partial charge in [0.2, 0.25) is 0 Å². The third-order valence-corrected chi connectivity index (χ3v) is 4.71. The quantitative estimate of drug-likeness (QED) is 0.428. The van der Waals surface area contributed by atoms with Crippen LogP contribution in [0.4, 0.5) is 0 Å². The van der Waals surface area contributed by atoms with E-state index in [1.807, 2.05) is 25.1 Å². The van der Waals surface area contributed by atoms with Gasteiger partial charge in [-0.15, -0.1) is 10.2 Å². The second kappa shape index (κ2) is 4.46. The molecule has 112 valence electrons. The Morgan fingerprint density at radius 1 is 1.04 bits per heavy atom. The van der Waals surface area contributed by atoms with Gasteiger partial charge < -0.3 is 4.57 Å². The molecular formula is C18H13ClN4. The van der Waals surface area contributed by atoms with Crippen LogP contribution in [0.5, 0.6) is 0 Å². The van der Waals surface area contributed by atoms with Crippen LogP contribution < -0.4 is 0 Å². The molecule has 0 spiro atoms. The first-order valence-electron chi connectivity index (χ1n) is 7.52. The minimum atomic E-state index is 0.690. The summed E-state index contributed by atoms with van der Waals surface area (Å²) in [6.45, 7) is 2.67. The van der Waals surface area contributed by atoms with E-state index in [4.69, 9.17) is 11.6 Å². The van der Waals surface area contributed by atoms with E-state index in [9.17, 15) is 0 Å². The summed E-state index contributed by atoms with van der Waals surface area (Å²) in [6.07, 6.45) is 0. The Labute approximate surface area is 138 Å². The first-order valence-corrected chi connectivity index (χ1v) is 7.89. The van der Waals surface area contributed by atoms with Gasteiger partial charge in [0.05, 0.1) is 17.9 Å². The maximum atomic E-state index is 6.29. The molecule has 0 atom stereocenters. The number of aromatic nitrogens is 4. The van der Waals surface area contributed by atoms with Crippen LogP contribution in [-0.4, -0.2) is 19.3 Å². The fraction of sp³-hybridized carbons (Fsp3) is 0.111. The van der Waals surface area contributed by atoms with Crippen molar-refractivity contribution >= 4 is 22.5 Å². The molecule has 0 unspecified atom stereocenters. The molecule has 2 aromatic heterocycles. The molecule has 1 aliphatic rings. The second-order valence-electron chi connectivity index (χ2n) is 5.83. The molecule has 5 heteroatoms. The molecule has 2 aromatic carbocycles. The zero-order chi connectivity index (χ0) is 15.6. The Kier molecular flexibility index (Phi) is 2.50. The lowest BCUT2D eigenvalue weighted by Crippen LogP contribution is -2.05. The highest BCUT2D eigenvalue weighted by Gasteiger charge is 2.23. The minimum Gasteiger partial charge on any atom is -0.333 e. The lowest BCUT2D eigenvalue weighted by molar-refractivity contribution is 0.765. The number of nitrogens with zero attached hydrogens (tertiary/aromatic N) is 4. The third-order valence-electron chi connectivity index (χ3n) is 4.48. The average molecular weight is 321 g/mol. The van der Waals surface area contributed by atoms with E-state index in [1.54, 1.807) is 0 Å². The van der Waals surface area contributed by atoms with Crippen molar-refractivity contribution in [2.45, 2.75) is 13.5 Å². The van der Waals surface area contributed by atoms with Gasteiger partial charge in [0.15, 0.2) is 5.82 Å². The van der Waals surface area contributed by atoms with Crippen LogP contribution in [0.25, 0.3) is 27.8 Å². The summed E-state index contributed by atoms with van der Waals surface area (Å²) in [5.41, 5.74) is 4.54. The molecule has 1 aliphatic heterocycles. The van der Waals surface area contributed by atoms with Gasteiger partial charge >= 0.3 is 0 Å². The number of para-hydroxylation sites is 1. The maximum Gasteiger partial charge on any atom is 0.157 e. The molecule has 0 amide bonds. The Morgan fingerprint density at radius 3 is 2.83 bits per heavy atom. The van der Waals surface area contributed by atoms with Crippen molar-refractivity contribution in [2.24, 2.45) is 0 Å². The predicted octanol–water partition coefficient (Wildman–Crippen LogP) is 4.21. The van der Waals surface area contributed by atoms with E-state index >= 15 is 0 Å². The van der Waals surface area contributed by atoms with Crippen molar-refractivity contribution in [3.63, 3.8) is 0 Å². The van der Waals surface area contributed by atoms with Gasteiger partial charge in [0, 0.05) is 21.5 Å². The van der Waals surface area contributed by atoms with E-state index < -0.39 is 0 Å². The van der Waals surface area contributed by atoms with Crippen LogP contribution >= 0.6 is 11.6 Å². The summed E-state index contributed by atoms with van der Waals surface area (Å²) in [6, 6.07) is 16.6. The topological polar surface area (TPSA) is 35.6 Å². The summed E-state index contributed by atoms with van der Waals surface area (Å²) in [4.78, 5) is 0. The van der Waals surface area contributed by atoms with Crippen molar-refractivity contribution in [1.29, 1.82) is 0 Å². The van der Waals surface area contributed by atoms with Crippen LogP contribution in [-0.2, 0) is 6.54 Å². The zero-order valence-corrected chi connectivity index (χ0v) is 13.2. The van der Waals surface area contributed by atoms with E-state index in [2.05, 4.69) is 49.7 Å². The normalized spacial score (nSPS) is 12.6. The van der Waals surface area contributed by atoms with Gasteiger partial charge in [-0.05, 0) is 37.3 Å². The molecule has 5 rings (SSSR count). The Balaban J connectivity index is 1.96. The van der Waals surface area contributed by atoms with Gasteiger partial charge in [0.1, 0.15) is 5.82 Å². The van der Waals surface area contributed by atoms with Gasteiger partial charge in [-0.1, -0.05) is 29.8 Å². The highest BCUT2D eigenvalue weighted by Crippen LogP contribution is 2.37. The van der Waals surface area contributed by atoms with Crippen molar-refractivity contribution < 1.29 is 0 Å². The number of fused-ring (bicyclic) bond motifs is 7. The molecule has 0 N–H and O–H groups in total. The molecule has 0 saturated heterocycles. The van der Waals surface area contributed by atoms with Crippen molar-refractivity contribution in [2.75, 3.05) is 0 Å². The predicted molar refractivity (Wildman–Crippen MR) is 91.1 cm³/mol. The van der Waals surface area contributed by atoms with Crippen LogP contribution in [0.3, 0.4) is 0 Å². The van der Waals surface area contributed by atoms with Crippen LogP contribution in [0, 0.1) is 6.92 Å². The molecule has 23 heavy (non-hydrogen) atoms. The minimum absolute atomic E-state index is 0.690. The molecule has 0 fully saturated rings. The van der Waals surface area contributed by atoms with E-state index in [-0.39, 0.29) is 0 Å². The maximum absolute atomic E-state index is 6.29. The summed E-state index contributed by atoms with van der Waals surface area (Å²) < 4.78 is 4.41. The number of rotatable bonds is 0. The Bertz CT molecular complexity index is 1070. The summed E-state index contributed by atoms with van der Waals surface area (Å²) in [5, 5.41) is 10.6. The Morgan fingerprint density at radius 2 is 1.91 bits per heavy atom. The summed E-state index contributed by atoms with van der Waals surface area (Å²) in [7, 11) is 0. The number of hydrogen-bond acceptors (Lipinski definition) is 2. The largest absolute Gasteiger partial charge is 0.333 e. The highest BCUT2D eigenvalue weighted by molar-refractivity contribution is 6.31. The van der Waals surface area contributed by atoms with Crippen LogP contribution in [0.15, 0.2) is 48.5 Å². The number of benzene rings is 2. The molecule has 0 aliphatic carbocycles. The SMILES string of the molecule is Cc1nnc2n1-c1ccc(Cl)cc1-c1cc3ccccc3n1C2. The first-order chi connectivity index (χ1) is 11.2. The van der Waals surface area contributed by atoms with Gasteiger partial charge in [-0.2, -0.15) is 0 Å². The molecular weight excluding hydrogens is 308 g/mol. The fourth-order valence-electron chi connectivity index (χ4n) is 3.48. The smallest absolute Gasteiger partial charge is 0.157 e. The molecule has 0 radical (unpaired) electrons. The molecule has 4 nitrogen and oxygen atoms in total. The number of halogens is 1. The average Bonchev–Trinajstić information content (AvgIpc) is 3.06. The van der Waals surface area contributed by atoms with Crippen LogP contribution in [0.2, 0.25) is 5.02 Å². The van der Waals surface area contributed by atoms with E-state index in [1.165, 1.54) is 10.9 Å². The van der Waals surface area contributed by atoms with Gasteiger partial charge in [0.25, 0.3) is 0 Å². The fourth-order valence-corrected chi connectivity index (χ4v) is 3.65. The van der Waals surface area contributed by atoms with Crippen molar-refractivity contribution in [1.82, 2.24) is 19.3 Å². The number of hydrogen-bond donors (Lipinski definition) is 0. The third kappa shape index (κ3) is 1.72.